The van der Waals surface area contributed by atoms with Crippen molar-refractivity contribution in [1.29, 1.82) is 0 Å². The van der Waals surface area contributed by atoms with Crippen molar-refractivity contribution in [2.75, 3.05) is 6.61 Å². The van der Waals surface area contributed by atoms with Gasteiger partial charge >= 0.3 is 5.97 Å². The van der Waals surface area contributed by atoms with Crippen LogP contribution in [0.4, 0.5) is 0 Å². The number of hydrogen-bond donors (Lipinski definition) is 0. The second kappa shape index (κ2) is 7.66. The van der Waals surface area contributed by atoms with Gasteiger partial charge in [-0.05, 0) is 42.8 Å². The van der Waals surface area contributed by atoms with Gasteiger partial charge in [-0.1, -0.05) is 34.1 Å². The van der Waals surface area contributed by atoms with E-state index in [2.05, 4.69) is 20.7 Å². The van der Waals surface area contributed by atoms with E-state index < -0.39 is 24.0 Å². The van der Waals surface area contributed by atoms with Gasteiger partial charge in [-0.2, -0.15) is 0 Å². The average Bonchev–Trinajstić information content (AvgIpc) is 3.02. The van der Waals surface area contributed by atoms with Gasteiger partial charge in [0, 0.05) is 21.7 Å². The van der Waals surface area contributed by atoms with Crippen LogP contribution < -0.4 is 0 Å². The number of halogens is 1. The number of rotatable bonds is 6. The Kier molecular flexibility index (Phi) is 5.32. The van der Waals surface area contributed by atoms with E-state index in [1.807, 2.05) is 48.5 Å². The van der Waals surface area contributed by atoms with E-state index in [0.717, 1.165) is 15.6 Å². The zero-order valence-electron chi connectivity index (χ0n) is 14.1. The Hall–Kier alpha value is -2.73. The molecule has 2 heterocycles. The molecule has 0 bridgehead atoms. The molecule has 2 aromatic heterocycles. The number of Topliss-reactive ketones (excluding diaryl/α,β-unsaturated/α-hetero) is 2. The lowest BCUT2D eigenvalue weighted by atomic mass is 10.0. The smallest absolute Gasteiger partial charge is 0.375 e. The first kappa shape index (κ1) is 18.1. The Bertz CT molecular complexity index is 989. The predicted molar refractivity (Wildman–Crippen MR) is 101 cm³/mol. The maximum Gasteiger partial charge on any atom is 0.375 e. The number of ether oxygens (including phenoxy) is 1. The van der Waals surface area contributed by atoms with Gasteiger partial charge in [0.2, 0.25) is 5.78 Å². The van der Waals surface area contributed by atoms with Crippen LogP contribution in [0.5, 0.6) is 0 Å². The second-order valence-electron chi connectivity index (χ2n) is 5.65. The molecule has 0 radical (unpaired) electrons. The third kappa shape index (κ3) is 3.60. The molecule has 0 aliphatic heterocycles. The van der Waals surface area contributed by atoms with E-state index in [-0.39, 0.29) is 6.61 Å². The van der Waals surface area contributed by atoms with Crippen molar-refractivity contribution in [3.8, 4) is 11.1 Å². The normalized spacial score (nSPS) is 10.7. The number of fused-ring (bicyclic) bond motifs is 1. The van der Waals surface area contributed by atoms with Crippen molar-refractivity contribution >= 4 is 39.0 Å². The molecule has 0 aliphatic rings. The molecule has 132 valence electrons. The second-order valence-corrected chi connectivity index (χ2v) is 6.57. The van der Waals surface area contributed by atoms with E-state index in [1.165, 1.54) is 0 Å². The van der Waals surface area contributed by atoms with E-state index >= 15 is 0 Å². The van der Waals surface area contributed by atoms with Crippen LogP contribution in [0.15, 0.2) is 59.2 Å². The number of aromatic nitrogens is 1. The highest BCUT2D eigenvalue weighted by atomic mass is 79.9. The zero-order valence-corrected chi connectivity index (χ0v) is 15.7. The van der Waals surface area contributed by atoms with Gasteiger partial charge in [0.25, 0.3) is 0 Å². The molecule has 6 heteroatoms. The van der Waals surface area contributed by atoms with Crippen LogP contribution in [-0.2, 0) is 14.3 Å². The van der Waals surface area contributed by atoms with Crippen LogP contribution in [0.2, 0.25) is 0 Å². The minimum atomic E-state index is -0.980. The summed E-state index contributed by atoms with van der Waals surface area (Å²) in [7, 11) is 0. The molecule has 1 aromatic carbocycles. The van der Waals surface area contributed by atoms with E-state index in [4.69, 9.17) is 0 Å². The monoisotopic (exact) mass is 413 g/mol. The van der Waals surface area contributed by atoms with E-state index in [1.54, 1.807) is 17.5 Å². The number of carbonyl (C=O) groups excluding carboxylic acids is 3. The van der Waals surface area contributed by atoms with E-state index in [9.17, 15) is 14.4 Å². The number of nitrogens with zero attached hydrogens (tertiary/aromatic N) is 1. The summed E-state index contributed by atoms with van der Waals surface area (Å²) in [6.45, 7) is 1.70. The highest BCUT2D eigenvalue weighted by molar-refractivity contribution is 9.10. The summed E-state index contributed by atoms with van der Waals surface area (Å²) in [5.74, 6) is -2.25. The summed E-state index contributed by atoms with van der Waals surface area (Å²) in [4.78, 5) is 36.4. The van der Waals surface area contributed by atoms with Crippen molar-refractivity contribution < 1.29 is 19.1 Å². The van der Waals surface area contributed by atoms with Crippen molar-refractivity contribution in [3.63, 3.8) is 0 Å². The Morgan fingerprint density at radius 3 is 2.50 bits per heavy atom. The average molecular weight is 414 g/mol. The van der Waals surface area contributed by atoms with Crippen LogP contribution in [0, 0.1) is 0 Å². The molecule has 0 N–H and O–H groups in total. The largest absolute Gasteiger partial charge is 0.460 e. The van der Waals surface area contributed by atoms with E-state index in [0.29, 0.717) is 11.3 Å². The quantitative estimate of drug-likeness (QED) is 0.264. The molecule has 3 aromatic rings. The molecule has 5 nitrogen and oxygen atoms in total. The number of hydrogen-bond acceptors (Lipinski definition) is 4. The molecular weight excluding hydrogens is 398 g/mol. The summed E-state index contributed by atoms with van der Waals surface area (Å²) in [5.41, 5.74) is 2.77. The Balaban J connectivity index is 2.04. The number of carbonyl (C=O) groups is 3. The van der Waals surface area contributed by atoms with Crippen molar-refractivity contribution in [3.05, 3.63) is 64.9 Å². The van der Waals surface area contributed by atoms with Crippen molar-refractivity contribution in [2.24, 2.45) is 0 Å². The molecule has 0 saturated heterocycles. The van der Waals surface area contributed by atoms with Crippen LogP contribution in [0.1, 0.15) is 23.8 Å². The first-order valence-electron chi connectivity index (χ1n) is 8.10. The highest BCUT2D eigenvalue weighted by Crippen LogP contribution is 2.30. The molecule has 3 rings (SSSR count). The fourth-order valence-electron chi connectivity index (χ4n) is 2.77. The predicted octanol–water partition coefficient (Wildman–Crippen LogP) is 4.07. The highest BCUT2D eigenvalue weighted by Gasteiger charge is 2.24. The molecule has 0 fully saturated rings. The number of benzene rings is 1. The molecule has 0 amide bonds. The van der Waals surface area contributed by atoms with Gasteiger partial charge in [-0.15, -0.1) is 0 Å². The van der Waals surface area contributed by atoms with Gasteiger partial charge in [0.05, 0.1) is 18.7 Å². The summed E-state index contributed by atoms with van der Waals surface area (Å²) >= 11 is 3.40. The Labute approximate surface area is 158 Å². The van der Waals surface area contributed by atoms with Crippen molar-refractivity contribution in [1.82, 2.24) is 4.40 Å². The van der Waals surface area contributed by atoms with Crippen LogP contribution in [0.3, 0.4) is 0 Å². The Morgan fingerprint density at radius 2 is 1.81 bits per heavy atom. The maximum absolute atomic E-state index is 12.8. The third-order valence-electron chi connectivity index (χ3n) is 3.92. The molecule has 0 spiro atoms. The third-order valence-corrected chi connectivity index (χ3v) is 4.45. The van der Waals surface area contributed by atoms with Crippen LogP contribution >= 0.6 is 15.9 Å². The molecule has 0 atom stereocenters. The van der Waals surface area contributed by atoms with Crippen LogP contribution in [0.25, 0.3) is 16.6 Å². The molecule has 26 heavy (non-hydrogen) atoms. The number of ketones is 2. The van der Waals surface area contributed by atoms with Crippen molar-refractivity contribution in [2.45, 2.75) is 13.3 Å². The maximum atomic E-state index is 12.8. The van der Waals surface area contributed by atoms with Gasteiger partial charge in [-0.3, -0.25) is 9.59 Å². The molecule has 0 unspecified atom stereocenters. The lowest BCUT2D eigenvalue weighted by Gasteiger charge is -2.06. The van der Waals surface area contributed by atoms with Crippen LogP contribution in [-0.4, -0.2) is 28.5 Å². The molecular formula is C20H16BrNO4. The first-order valence-corrected chi connectivity index (χ1v) is 8.89. The van der Waals surface area contributed by atoms with Gasteiger partial charge in [0.15, 0.2) is 5.78 Å². The van der Waals surface area contributed by atoms with Gasteiger partial charge in [0.1, 0.15) is 0 Å². The summed E-state index contributed by atoms with van der Waals surface area (Å²) in [5, 5.41) is 0. The lowest BCUT2D eigenvalue weighted by molar-refractivity contribution is -0.153. The SMILES string of the molecule is CCOC(=O)C(=O)CC(=O)c1c(-c2ccc(Br)cc2)cc2ccccn12. The molecule has 0 saturated carbocycles. The lowest BCUT2D eigenvalue weighted by Crippen LogP contribution is -2.21. The van der Waals surface area contributed by atoms with Gasteiger partial charge in [-0.25, -0.2) is 4.79 Å². The summed E-state index contributed by atoms with van der Waals surface area (Å²) in [6.07, 6.45) is 1.24. The standard InChI is InChI=1S/C20H16BrNO4/c1-2-26-20(25)18(24)12-17(23)19-16(13-6-8-14(21)9-7-13)11-15-5-3-4-10-22(15)19/h3-11H,2,12H2,1H3. The van der Waals surface area contributed by atoms with Gasteiger partial charge < -0.3 is 9.14 Å². The fraction of sp³-hybridized carbons (Fsp3) is 0.150. The first-order chi connectivity index (χ1) is 12.5. The Morgan fingerprint density at radius 1 is 1.08 bits per heavy atom. The molecule has 0 aliphatic carbocycles. The number of esters is 1. The summed E-state index contributed by atoms with van der Waals surface area (Å²) < 4.78 is 7.35. The number of pyridine rings is 1. The fourth-order valence-corrected chi connectivity index (χ4v) is 3.04. The zero-order chi connectivity index (χ0) is 18.7. The summed E-state index contributed by atoms with van der Waals surface area (Å²) in [6, 6.07) is 15.0. The topological polar surface area (TPSA) is 64.9 Å². The minimum Gasteiger partial charge on any atom is -0.460 e. The minimum absolute atomic E-state index is 0.0942.